The third-order valence-electron chi connectivity index (χ3n) is 4.08. The van der Waals surface area contributed by atoms with Crippen LogP contribution in [0.3, 0.4) is 0 Å². The smallest absolute Gasteiger partial charge is 0.335 e. The molecule has 26 heavy (non-hydrogen) atoms. The summed E-state index contributed by atoms with van der Waals surface area (Å²) in [4.78, 5) is 16.2. The lowest BCUT2D eigenvalue weighted by molar-refractivity contribution is -0.129. The van der Waals surface area contributed by atoms with Crippen molar-refractivity contribution < 1.29 is 14.3 Å². The number of esters is 1. The summed E-state index contributed by atoms with van der Waals surface area (Å²) in [6.45, 7) is 7.73. The van der Waals surface area contributed by atoms with Gasteiger partial charge in [-0.1, -0.05) is 13.5 Å². The summed E-state index contributed by atoms with van der Waals surface area (Å²) in [5.74, 6) is -0.171. The van der Waals surface area contributed by atoms with Gasteiger partial charge in [0.1, 0.15) is 5.69 Å². The van der Waals surface area contributed by atoms with Gasteiger partial charge in [-0.05, 0) is 37.1 Å². The Morgan fingerprint density at radius 2 is 2.15 bits per heavy atom. The topological polar surface area (TPSA) is 65.7 Å². The van der Waals surface area contributed by atoms with Crippen LogP contribution in [0.5, 0.6) is 5.75 Å². The molecule has 0 fully saturated rings. The predicted octanol–water partition coefficient (Wildman–Crippen LogP) is 3.50. The maximum Gasteiger partial charge on any atom is 0.335 e. The van der Waals surface area contributed by atoms with Gasteiger partial charge in [-0.3, -0.25) is 4.98 Å². The van der Waals surface area contributed by atoms with E-state index in [1.165, 1.54) is 0 Å². The highest BCUT2D eigenvalue weighted by atomic mass is 16.5. The van der Waals surface area contributed by atoms with E-state index in [9.17, 15) is 4.79 Å². The van der Waals surface area contributed by atoms with E-state index in [0.717, 1.165) is 40.4 Å². The number of pyridine rings is 1. The number of ether oxygens (including phenoxy) is 2. The fraction of sp³-hybridized carbons (Fsp3) is 0.250. The van der Waals surface area contributed by atoms with Crippen LogP contribution in [0.15, 0.2) is 43.2 Å². The summed E-state index contributed by atoms with van der Waals surface area (Å²) >= 11 is 0. The lowest BCUT2D eigenvalue weighted by atomic mass is 10.0. The largest absolute Gasteiger partial charge is 0.420 e. The summed E-state index contributed by atoms with van der Waals surface area (Å²) in [6, 6.07) is 6.00. The predicted molar refractivity (Wildman–Crippen MR) is 99.1 cm³/mol. The molecule has 0 aliphatic heterocycles. The molecule has 0 radical (unpaired) electrons. The number of carbonyl (C=O) groups is 1. The van der Waals surface area contributed by atoms with Gasteiger partial charge in [-0.25, -0.2) is 9.31 Å². The van der Waals surface area contributed by atoms with Crippen LogP contribution in [0.4, 0.5) is 0 Å². The molecule has 6 heteroatoms. The normalized spacial score (nSPS) is 10.9. The average Bonchev–Trinajstić information content (AvgIpc) is 3.04. The van der Waals surface area contributed by atoms with Crippen molar-refractivity contribution in [1.29, 1.82) is 0 Å². The minimum Gasteiger partial charge on any atom is -0.420 e. The summed E-state index contributed by atoms with van der Waals surface area (Å²) in [5.41, 5.74) is 5.06. The van der Waals surface area contributed by atoms with Gasteiger partial charge in [0.25, 0.3) is 0 Å². The first-order chi connectivity index (χ1) is 12.6. The van der Waals surface area contributed by atoms with Crippen molar-refractivity contribution in [3.05, 3.63) is 60.2 Å². The monoisotopic (exact) mass is 351 g/mol. The summed E-state index contributed by atoms with van der Waals surface area (Å²) in [6.07, 6.45) is 5.49. The van der Waals surface area contributed by atoms with Crippen LogP contribution in [-0.4, -0.2) is 27.7 Å². The Labute approximate surface area is 152 Å². The summed E-state index contributed by atoms with van der Waals surface area (Å²) in [7, 11) is 1.58. The molecule has 0 atom stereocenters. The Hall–Kier alpha value is -2.99. The van der Waals surface area contributed by atoms with E-state index in [1.54, 1.807) is 19.5 Å². The first kappa shape index (κ1) is 17.8. The molecule has 3 rings (SSSR count). The van der Waals surface area contributed by atoms with Crippen molar-refractivity contribution in [3.8, 4) is 16.9 Å². The van der Waals surface area contributed by atoms with Crippen LogP contribution < -0.4 is 4.74 Å². The molecule has 0 amide bonds. The molecule has 0 bridgehead atoms. The number of fused-ring (bicyclic) bond motifs is 1. The molecule has 0 saturated heterocycles. The van der Waals surface area contributed by atoms with E-state index in [-0.39, 0.29) is 6.61 Å². The van der Waals surface area contributed by atoms with Gasteiger partial charge in [0.2, 0.25) is 0 Å². The Kier molecular flexibility index (Phi) is 5.14. The molecular weight excluding hydrogens is 330 g/mol. The van der Waals surface area contributed by atoms with E-state index < -0.39 is 5.97 Å². The maximum atomic E-state index is 12.0. The van der Waals surface area contributed by atoms with Gasteiger partial charge in [0.15, 0.2) is 5.75 Å². The zero-order valence-electron chi connectivity index (χ0n) is 15.2. The fourth-order valence-electron chi connectivity index (χ4n) is 2.93. The molecule has 3 heterocycles. The van der Waals surface area contributed by atoms with Gasteiger partial charge in [-0.15, -0.1) is 0 Å². The zero-order chi connectivity index (χ0) is 18.7. The second-order valence-electron chi connectivity index (χ2n) is 5.94. The molecule has 3 aromatic heterocycles. The number of hydrogen-bond donors (Lipinski definition) is 0. The molecule has 0 aromatic carbocycles. The maximum absolute atomic E-state index is 12.0. The lowest BCUT2D eigenvalue weighted by Gasteiger charge is -2.16. The highest BCUT2D eigenvalue weighted by Crippen LogP contribution is 2.37. The van der Waals surface area contributed by atoms with Crippen LogP contribution in [0.2, 0.25) is 0 Å². The van der Waals surface area contributed by atoms with Crippen molar-refractivity contribution in [2.75, 3.05) is 7.11 Å². The zero-order valence-corrected chi connectivity index (χ0v) is 15.2. The molecule has 0 unspecified atom stereocenters. The Balaban J connectivity index is 2.38. The summed E-state index contributed by atoms with van der Waals surface area (Å²) < 4.78 is 12.7. The quantitative estimate of drug-likeness (QED) is 0.502. The van der Waals surface area contributed by atoms with E-state index in [4.69, 9.17) is 9.47 Å². The van der Waals surface area contributed by atoms with Gasteiger partial charge < -0.3 is 9.47 Å². The second-order valence-corrected chi connectivity index (χ2v) is 5.94. The van der Waals surface area contributed by atoms with Crippen molar-refractivity contribution in [3.63, 3.8) is 0 Å². The average molecular weight is 351 g/mol. The van der Waals surface area contributed by atoms with Gasteiger partial charge in [-0.2, -0.15) is 5.10 Å². The van der Waals surface area contributed by atoms with Crippen molar-refractivity contribution >= 4 is 11.5 Å². The number of nitrogens with zero attached hydrogens (tertiary/aromatic N) is 3. The van der Waals surface area contributed by atoms with Crippen molar-refractivity contribution in [1.82, 2.24) is 14.6 Å². The second kappa shape index (κ2) is 7.49. The van der Waals surface area contributed by atoms with Crippen LogP contribution in [0.1, 0.15) is 23.9 Å². The standard InChI is InChI=1S/C20H21N3O3/c1-5-15-7-8-17-19(14-9-13(3)10-21-11-14)20(26-18(24)6-2)16(12-25-4)22-23(15)17/h6-11H,2,5,12H2,1,3-4H3. The van der Waals surface area contributed by atoms with Crippen molar-refractivity contribution in [2.24, 2.45) is 0 Å². The fourth-order valence-corrected chi connectivity index (χ4v) is 2.93. The molecule has 6 nitrogen and oxygen atoms in total. The van der Waals surface area contributed by atoms with E-state index in [1.807, 2.05) is 29.6 Å². The molecule has 134 valence electrons. The number of hydrogen-bond acceptors (Lipinski definition) is 5. The van der Waals surface area contributed by atoms with Gasteiger partial charge in [0, 0.05) is 36.8 Å². The van der Waals surface area contributed by atoms with E-state index in [0.29, 0.717) is 11.4 Å². The lowest BCUT2D eigenvalue weighted by Crippen LogP contribution is -2.12. The molecule has 0 saturated carbocycles. The van der Waals surface area contributed by atoms with Gasteiger partial charge in [0.05, 0.1) is 17.7 Å². The molecule has 0 N–H and O–H groups in total. The summed E-state index contributed by atoms with van der Waals surface area (Å²) in [5, 5.41) is 4.65. The number of carbonyl (C=O) groups excluding carboxylic acids is 1. The molecule has 0 spiro atoms. The first-order valence-corrected chi connectivity index (χ1v) is 8.37. The third-order valence-corrected chi connectivity index (χ3v) is 4.08. The number of aromatic nitrogens is 3. The number of methoxy groups -OCH3 is 1. The highest BCUT2D eigenvalue weighted by Gasteiger charge is 2.22. The Morgan fingerprint density at radius 3 is 2.81 bits per heavy atom. The SMILES string of the molecule is C=CC(=O)Oc1c(COC)nn2c(CC)ccc2c1-c1cncc(C)c1. The number of rotatable bonds is 6. The Morgan fingerprint density at radius 1 is 1.35 bits per heavy atom. The first-order valence-electron chi connectivity index (χ1n) is 8.37. The van der Waals surface area contributed by atoms with Crippen LogP contribution in [0.25, 0.3) is 16.6 Å². The molecule has 3 aromatic rings. The third kappa shape index (κ3) is 3.23. The Bertz CT molecular complexity index is 976. The highest BCUT2D eigenvalue weighted by molar-refractivity contribution is 5.90. The van der Waals surface area contributed by atoms with Crippen molar-refractivity contribution in [2.45, 2.75) is 26.9 Å². The number of aryl methyl sites for hydroxylation is 2. The minimum absolute atomic E-state index is 0.212. The van der Waals surface area contributed by atoms with E-state index >= 15 is 0 Å². The molecule has 0 aliphatic rings. The van der Waals surface area contributed by atoms with Gasteiger partial charge >= 0.3 is 5.97 Å². The molecule has 0 aliphatic carbocycles. The molecular formula is C20H21N3O3. The minimum atomic E-state index is -0.544. The van der Waals surface area contributed by atoms with Crippen LogP contribution in [-0.2, 0) is 22.6 Å². The van der Waals surface area contributed by atoms with Crippen LogP contribution >= 0.6 is 0 Å². The van der Waals surface area contributed by atoms with Crippen LogP contribution in [0, 0.1) is 6.92 Å². The van der Waals surface area contributed by atoms with E-state index in [2.05, 4.69) is 23.6 Å².